The molecule has 7 heteroatoms. The number of benzene rings is 1. The quantitative estimate of drug-likeness (QED) is 0.737. The molecule has 1 aromatic heterocycles. The zero-order valence-electron chi connectivity index (χ0n) is 16.5. The molecule has 2 aliphatic carbocycles. The topological polar surface area (TPSA) is 72.1 Å². The minimum atomic E-state index is -0.0533. The maximum absolute atomic E-state index is 13.1. The van der Waals surface area contributed by atoms with Gasteiger partial charge in [0.25, 0.3) is 5.91 Å². The molecule has 0 unspecified atom stereocenters. The Hall–Kier alpha value is -1.69. The lowest BCUT2D eigenvalue weighted by atomic mass is 9.68. The highest BCUT2D eigenvalue weighted by molar-refractivity contribution is 6.30. The van der Waals surface area contributed by atoms with Crippen LogP contribution in [0.3, 0.4) is 0 Å². The predicted octanol–water partition coefficient (Wildman–Crippen LogP) is 4.24. The molecular formula is C22H28Cl2N4O. The number of amides is 1. The Morgan fingerprint density at radius 2 is 1.93 bits per heavy atom. The molecule has 0 spiro atoms. The highest BCUT2D eigenvalue weighted by Gasteiger charge is 2.40. The van der Waals surface area contributed by atoms with Crippen molar-refractivity contribution in [1.29, 1.82) is 0 Å². The Bertz CT molecular complexity index is 821. The fraction of sp³-hybridized carbons (Fsp3) is 0.500. The summed E-state index contributed by atoms with van der Waals surface area (Å²) in [6.45, 7) is 1.42. The monoisotopic (exact) mass is 434 g/mol. The van der Waals surface area contributed by atoms with Crippen molar-refractivity contribution < 1.29 is 4.79 Å². The summed E-state index contributed by atoms with van der Waals surface area (Å²) in [5, 5.41) is 8.68. The van der Waals surface area contributed by atoms with Crippen molar-refractivity contribution in [2.75, 3.05) is 13.1 Å². The summed E-state index contributed by atoms with van der Waals surface area (Å²) in [6, 6.07) is 11.8. The number of halogens is 2. The van der Waals surface area contributed by atoms with E-state index in [1.54, 1.807) is 18.3 Å². The van der Waals surface area contributed by atoms with Crippen LogP contribution in [0.15, 0.2) is 42.6 Å². The zero-order chi connectivity index (χ0) is 19.6. The van der Waals surface area contributed by atoms with Crippen molar-refractivity contribution in [1.82, 2.24) is 15.1 Å². The zero-order valence-corrected chi connectivity index (χ0v) is 18.0. The van der Waals surface area contributed by atoms with Crippen LogP contribution in [0.1, 0.15) is 54.6 Å². The van der Waals surface area contributed by atoms with Crippen LogP contribution in [0.25, 0.3) is 0 Å². The van der Waals surface area contributed by atoms with Gasteiger partial charge in [0.2, 0.25) is 0 Å². The summed E-state index contributed by atoms with van der Waals surface area (Å²) in [6.07, 6.45) is 7.85. The highest BCUT2D eigenvalue weighted by atomic mass is 35.5. The maximum Gasteiger partial charge on any atom is 0.274 e. The Morgan fingerprint density at radius 3 is 2.52 bits per heavy atom. The first-order chi connectivity index (χ1) is 13.6. The van der Waals surface area contributed by atoms with Crippen molar-refractivity contribution in [2.45, 2.75) is 50.0 Å². The summed E-state index contributed by atoms with van der Waals surface area (Å²) in [5.74, 6) is 0.641. The average molecular weight is 435 g/mol. The van der Waals surface area contributed by atoms with Crippen LogP contribution in [-0.2, 0) is 5.41 Å². The number of nitrogens with zero attached hydrogens (tertiary/aromatic N) is 3. The van der Waals surface area contributed by atoms with Crippen LogP contribution < -0.4 is 5.73 Å². The molecule has 2 aliphatic rings. The van der Waals surface area contributed by atoms with Crippen LogP contribution in [0, 0.1) is 5.92 Å². The molecule has 0 saturated heterocycles. The van der Waals surface area contributed by atoms with Crippen LogP contribution in [0.2, 0.25) is 5.02 Å². The number of rotatable bonds is 6. The molecular weight excluding hydrogens is 407 g/mol. The Morgan fingerprint density at radius 1 is 1.17 bits per heavy atom. The van der Waals surface area contributed by atoms with E-state index in [2.05, 4.69) is 21.2 Å². The average Bonchev–Trinajstić information content (AvgIpc) is 3.57. The Kier molecular flexibility index (Phi) is 7.14. The van der Waals surface area contributed by atoms with Gasteiger partial charge in [-0.15, -0.1) is 17.5 Å². The van der Waals surface area contributed by atoms with Gasteiger partial charge in [-0.3, -0.25) is 4.79 Å². The highest BCUT2D eigenvalue weighted by Crippen LogP contribution is 2.42. The van der Waals surface area contributed by atoms with Crippen molar-refractivity contribution in [2.24, 2.45) is 11.7 Å². The van der Waals surface area contributed by atoms with E-state index < -0.39 is 0 Å². The normalized spacial score (nSPS) is 23.9. The molecule has 2 fully saturated rings. The first kappa shape index (κ1) is 22.0. The van der Waals surface area contributed by atoms with Gasteiger partial charge < -0.3 is 10.6 Å². The first-order valence-electron chi connectivity index (χ1n) is 10.2. The van der Waals surface area contributed by atoms with Crippen molar-refractivity contribution in [3.63, 3.8) is 0 Å². The molecule has 1 heterocycles. The molecule has 2 N–H and O–H groups in total. The van der Waals surface area contributed by atoms with Crippen LogP contribution in [0.5, 0.6) is 0 Å². The fourth-order valence-corrected chi connectivity index (χ4v) is 4.63. The van der Waals surface area contributed by atoms with Gasteiger partial charge in [0.15, 0.2) is 5.69 Å². The van der Waals surface area contributed by atoms with Gasteiger partial charge in [-0.2, -0.15) is 5.10 Å². The lowest BCUT2D eigenvalue weighted by Gasteiger charge is -2.43. The molecule has 1 amide bonds. The second-order valence-electron chi connectivity index (χ2n) is 8.24. The number of carbonyl (C=O) groups is 1. The lowest BCUT2D eigenvalue weighted by Crippen LogP contribution is -2.48. The maximum atomic E-state index is 13.1. The SMILES string of the molecule is Cl.NC[C@]1(c2cccc(Cl)c2)CC[C@H](N(CC2CC2)C(=O)c2cccnn2)CC1. The number of nitrogens with two attached hydrogens (primary N) is 1. The summed E-state index contributed by atoms with van der Waals surface area (Å²) in [5.41, 5.74) is 7.84. The second-order valence-corrected chi connectivity index (χ2v) is 8.67. The van der Waals surface area contributed by atoms with Crippen molar-refractivity contribution in [3.05, 3.63) is 58.9 Å². The Balaban J connectivity index is 0.00000240. The number of hydrogen-bond donors (Lipinski definition) is 1. The fourth-order valence-electron chi connectivity index (χ4n) is 4.43. The smallest absolute Gasteiger partial charge is 0.274 e. The van der Waals surface area contributed by atoms with E-state index in [4.69, 9.17) is 17.3 Å². The molecule has 29 heavy (non-hydrogen) atoms. The van der Waals surface area contributed by atoms with Gasteiger partial charge in [-0.25, -0.2) is 0 Å². The van der Waals surface area contributed by atoms with Gasteiger partial charge in [0, 0.05) is 35.8 Å². The minimum Gasteiger partial charge on any atom is -0.334 e. The summed E-state index contributed by atoms with van der Waals surface area (Å²) >= 11 is 6.23. The largest absolute Gasteiger partial charge is 0.334 e. The van der Waals surface area contributed by atoms with E-state index in [1.165, 1.54) is 18.4 Å². The predicted molar refractivity (Wildman–Crippen MR) is 117 cm³/mol. The van der Waals surface area contributed by atoms with E-state index in [0.717, 1.165) is 37.3 Å². The van der Waals surface area contributed by atoms with E-state index in [1.807, 2.05) is 18.2 Å². The Labute approximate surface area is 183 Å². The number of aromatic nitrogens is 2. The second kappa shape index (κ2) is 9.41. The van der Waals surface area contributed by atoms with E-state index in [0.29, 0.717) is 18.2 Å². The van der Waals surface area contributed by atoms with E-state index in [9.17, 15) is 4.79 Å². The molecule has 2 aromatic rings. The molecule has 5 nitrogen and oxygen atoms in total. The summed E-state index contributed by atoms with van der Waals surface area (Å²) in [4.78, 5) is 15.2. The molecule has 2 saturated carbocycles. The number of hydrogen-bond acceptors (Lipinski definition) is 4. The molecule has 1 aromatic carbocycles. The number of carbonyl (C=O) groups excluding carboxylic acids is 1. The van der Waals surface area contributed by atoms with Crippen molar-refractivity contribution >= 4 is 29.9 Å². The lowest BCUT2D eigenvalue weighted by molar-refractivity contribution is 0.0574. The minimum absolute atomic E-state index is 0. The van der Waals surface area contributed by atoms with Gasteiger partial charge in [0.05, 0.1) is 0 Å². The van der Waals surface area contributed by atoms with Gasteiger partial charge >= 0.3 is 0 Å². The van der Waals surface area contributed by atoms with Gasteiger partial charge in [-0.05, 0) is 74.3 Å². The molecule has 0 aliphatic heterocycles. The van der Waals surface area contributed by atoms with Gasteiger partial charge in [0.1, 0.15) is 0 Å². The molecule has 0 bridgehead atoms. The summed E-state index contributed by atoms with van der Waals surface area (Å²) < 4.78 is 0. The molecule has 0 radical (unpaired) electrons. The van der Waals surface area contributed by atoms with E-state index in [-0.39, 0.29) is 29.8 Å². The van der Waals surface area contributed by atoms with Crippen molar-refractivity contribution in [3.8, 4) is 0 Å². The standard InChI is InChI=1S/C22H27ClN4O.ClH/c23-18-4-1-3-17(13-18)22(15-24)10-8-19(9-11-22)27(14-16-6-7-16)21(28)20-5-2-12-25-26-20;/h1-5,12-13,16,19H,6-11,14-15,24H2;1H/t19-,22-;. The van der Waals surface area contributed by atoms with Gasteiger partial charge in [-0.1, -0.05) is 23.7 Å². The van der Waals surface area contributed by atoms with Crippen LogP contribution >= 0.6 is 24.0 Å². The summed E-state index contributed by atoms with van der Waals surface area (Å²) in [7, 11) is 0. The molecule has 0 atom stereocenters. The third-order valence-electron chi connectivity index (χ3n) is 6.38. The third kappa shape index (κ3) is 4.90. The first-order valence-corrected chi connectivity index (χ1v) is 10.5. The molecule has 4 rings (SSSR count). The third-order valence-corrected chi connectivity index (χ3v) is 6.62. The van der Waals surface area contributed by atoms with E-state index >= 15 is 0 Å². The van der Waals surface area contributed by atoms with Crippen LogP contribution in [0.4, 0.5) is 0 Å². The van der Waals surface area contributed by atoms with Crippen LogP contribution in [-0.4, -0.2) is 40.1 Å². The molecule has 156 valence electrons.